The summed E-state index contributed by atoms with van der Waals surface area (Å²) in [4.78, 5) is 27.2. The van der Waals surface area contributed by atoms with E-state index in [9.17, 15) is 9.59 Å². The van der Waals surface area contributed by atoms with Gasteiger partial charge in [0, 0.05) is 22.3 Å². The highest BCUT2D eigenvalue weighted by molar-refractivity contribution is 9.10. The van der Waals surface area contributed by atoms with Crippen LogP contribution >= 0.6 is 27.3 Å². The molecule has 0 saturated carbocycles. The summed E-state index contributed by atoms with van der Waals surface area (Å²) in [5, 5.41) is 15.1. The van der Waals surface area contributed by atoms with Crippen molar-refractivity contribution in [2.45, 2.75) is 25.8 Å². The third kappa shape index (κ3) is 4.52. The van der Waals surface area contributed by atoms with Gasteiger partial charge in [-0.15, -0.1) is 10.2 Å². The first kappa shape index (κ1) is 20.5. The normalized spacial score (nSPS) is 15.8. The van der Waals surface area contributed by atoms with Crippen LogP contribution in [0.5, 0.6) is 0 Å². The van der Waals surface area contributed by atoms with Gasteiger partial charge < -0.3 is 10.2 Å². The van der Waals surface area contributed by atoms with Crippen LogP contribution in [0, 0.1) is 6.92 Å². The van der Waals surface area contributed by atoms with E-state index in [1.54, 1.807) is 4.90 Å². The highest BCUT2D eigenvalue weighted by Crippen LogP contribution is 2.28. The maximum Gasteiger partial charge on any atom is 0.322 e. The molecule has 4 rings (SSSR count). The third-order valence-electron chi connectivity index (χ3n) is 4.95. The molecular weight excluding hydrogens is 466 g/mol. The Hall–Kier alpha value is -2.78. The summed E-state index contributed by atoms with van der Waals surface area (Å²) < 4.78 is 0.981. The maximum absolute atomic E-state index is 12.8. The lowest BCUT2D eigenvalue weighted by atomic mass is 10.2. The van der Waals surface area contributed by atoms with Crippen molar-refractivity contribution in [2.24, 2.45) is 0 Å². The summed E-state index contributed by atoms with van der Waals surface area (Å²) in [7, 11) is 0. The van der Waals surface area contributed by atoms with Crippen LogP contribution in [0.4, 0.5) is 15.6 Å². The maximum atomic E-state index is 12.8. The number of nitrogens with one attached hydrogen (secondary N) is 2. The van der Waals surface area contributed by atoms with E-state index in [-0.39, 0.29) is 11.9 Å². The van der Waals surface area contributed by atoms with E-state index < -0.39 is 6.04 Å². The monoisotopic (exact) mass is 485 g/mol. The second-order valence-corrected chi connectivity index (χ2v) is 8.90. The minimum absolute atomic E-state index is 0.245. The third-order valence-corrected chi connectivity index (χ3v) is 6.37. The highest BCUT2D eigenvalue weighted by Gasteiger charge is 2.34. The molecule has 3 aromatic rings. The van der Waals surface area contributed by atoms with Gasteiger partial charge in [0.1, 0.15) is 11.0 Å². The Balaban J connectivity index is 1.42. The molecule has 1 aliphatic heterocycles. The Kier molecular flexibility index (Phi) is 6.10. The summed E-state index contributed by atoms with van der Waals surface area (Å²) in [6.45, 7) is 2.47. The molecule has 2 heterocycles. The summed E-state index contributed by atoms with van der Waals surface area (Å²) in [5.74, 6) is -0.245. The van der Waals surface area contributed by atoms with Crippen molar-refractivity contribution in [2.75, 3.05) is 17.2 Å². The number of likely N-dealkylation sites (tertiary alicyclic amines) is 1. The number of halogens is 1. The average Bonchev–Trinajstić information content (AvgIpc) is 3.40. The minimum Gasteiger partial charge on any atom is -0.312 e. The van der Waals surface area contributed by atoms with Gasteiger partial charge in [-0.05, 0) is 43.5 Å². The van der Waals surface area contributed by atoms with Crippen LogP contribution in [0.25, 0.3) is 10.6 Å². The Morgan fingerprint density at radius 3 is 2.63 bits per heavy atom. The highest BCUT2D eigenvalue weighted by atomic mass is 79.9. The van der Waals surface area contributed by atoms with Crippen molar-refractivity contribution in [3.05, 3.63) is 58.6 Å². The van der Waals surface area contributed by atoms with E-state index in [1.807, 2.05) is 55.5 Å². The average molecular weight is 486 g/mol. The molecule has 1 atom stereocenters. The lowest BCUT2D eigenvalue weighted by Crippen LogP contribution is -2.45. The molecule has 154 valence electrons. The first-order chi connectivity index (χ1) is 14.5. The fourth-order valence-electron chi connectivity index (χ4n) is 3.35. The van der Waals surface area contributed by atoms with Crippen LogP contribution in [0.1, 0.15) is 18.4 Å². The van der Waals surface area contributed by atoms with E-state index in [1.165, 1.54) is 11.3 Å². The number of benzene rings is 2. The van der Waals surface area contributed by atoms with Gasteiger partial charge in [-0.2, -0.15) is 0 Å². The standard InChI is InChI=1S/C21H20BrN5O2S/c1-13-5-2-3-6-16(13)23-21(29)27-12-4-7-17(27)18(28)24-20-26-25-19(30-20)14-8-10-15(22)11-9-14/h2-3,5-6,8-11,17H,4,7,12H2,1H3,(H,23,29)(H,24,26,28). The molecule has 2 N–H and O–H groups in total. The lowest BCUT2D eigenvalue weighted by Gasteiger charge is -2.24. The number of nitrogens with zero attached hydrogens (tertiary/aromatic N) is 3. The smallest absolute Gasteiger partial charge is 0.312 e. The minimum atomic E-state index is -0.533. The van der Waals surface area contributed by atoms with E-state index in [0.717, 1.165) is 32.7 Å². The molecule has 0 aliphatic carbocycles. The van der Waals surface area contributed by atoms with E-state index >= 15 is 0 Å². The zero-order valence-electron chi connectivity index (χ0n) is 16.3. The molecule has 7 nitrogen and oxygen atoms in total. The summed E-state index contributed by atoms with van der Waals surface area (Å²) in [6.07, 6.45) is 1.39. The zero-order valence-corrected chi connectivity index (χ0v) is 18.7. The molecule has 2 aromatic carbocycles. The number of anilines is 2. The summed E-state index contributed by atoms with van der Waals surface area (Å²) >= 11 is 4.71. The number of carbonyl (C=O) groups excluding carboxylic acids is 2. The molecule has 1 saturated heterocycles. The SMILES string of the molecule is Cc1ccccc1NC(=O)N1CCCC1C(=O)Nc1nnc(-c2ccc(Br)cc2)s1. The van der Waals surface area contributed by atoms with Crippen LogP contribution in [0.3, 0.4) is 0 Å². The molecule has 30 heavy (non-hydrogen) atoms. The second kappa shape index (κ2) is 8.93. The van der Waals surface area contributed by atoms with Gasteiger partial charge >= 0.3 is 6.03 Å². The number of hydrogen-bond donors (Lipinski definition) is 2. The molecule has 3 amide bonds. The molecule has 0 bridgehead atoms. The van der Waals surface area contributed by atoms with Gasteiger partial charge in [-0.1, -0.05) is 57.6 Å². The molecule has 0 radical (unpaired) electrons. The van der Waals surface area contributed by atoms with Crippen LogP contribution in [0.15, 0.2) is 53.0 Å². The molecule has 1 fully saturated rings. The van der Waals surface area contributed by atoms with Crippen molar-refractivity contribution in [3.8, 4) is 10.6 Å². The topological polar surface area (TPSA) is 87.2 Å². The number of para-hydroxylation sites is 1. The van der Waals surface area contributed by atoms with Gasteiger partial charge in [0.2, 0.25) is 11.0 Å². The van der Waals surface area contributed by atoms with Gasteiger partial charge in [-0.3, -0.25) is 10.1 Å². The largest absolute Gasteiger partial charge is 0.322 e. The Bertz CT molecular complexity index is 1070. The first-order valence-electron chi connectivity index (χ1n) is 9.55. The van der Waals surface area contributed by atoms with Crippen molar-refractivity contribution in [3.63, 3.8) is 0 Å². The summed E-state index contributed by atoms with van der Waals surface area (Å²) in [6, 6.07) is 14.5. The lowest BCUT2D eigenvalue weighted by molar-refractivity contribution is -0.119. The van der Waals surface area contributed by atoms with Gasteiger partial charge in [0.15, 0.2) is 0 Å². The molecule has 1 aliphatic rings. The Morgan fingerprint density at radius 2 is 1.87 bits per heavy atom. The van der Waals surface area contributed by atoms with Crippen molar-refractivity contribution in [1.29, 1.82) is 0 Å². The van der Waals surface area contributed by atoms with Crippen molar-refractivity contribution in [1.82, 2.24) is 15.1 Å². The van der Waals surface area contributed by atoms with Crippen LogP contribution in [0.2, 0.25) is 0 Å². The van der Waals surface area contributed by atoms with Crippen LogP contribution < -0.4 is 10.6 Å². The molecule has 1 aromatic heterocycles. The Morgan fingerprint density at radius 1 is 1.10 bits per heavy atom. The van der Waals surface area contributed by atoms with Crippen LogP contribution in [-0.2, 0) is 4.79 Å². The van der Waals surface area contributed by atoms with Gasteiger partial charge in [0.05, 0.1) is 0 Å². The van der Waals surface area contributed by atoms with E-state index in [0.29, 0.717) is 18.1 Å². The quantitative estimate of drug-likeness (QED) is 0.549. The van der Waals surface area contributed by atoms with Crippen molar-refractivity contribution < 1.29 is 9.59 Å². The molecule has 9 heteroatoms. The number of hydrogen-bond acceptors (Lipinski definition) is 5. The number of aryl methyl sites for hydroxylation is 1. The van der Waals surface area contributed by atoms with Gasteiger partial charge in [-0.25, -0.2) is 4.79 Å². The predicted molar refractivity (Wildman–Crippen MR) is 122 cm³/mol. The first-order valence-corrected chi connectivity index (χ1v) is 11.2. The second-order valence-electron chi connectivity index (χ2n) is 7.01. The predicted octanol–water partition coefficient (Wildman–Crippen LogP) is 4.91. The number of carbonyl (C=O) groups is 2. The van der Waals surface area contributed by atoms with Crippen molar-refractivity contribution >= 4 is 50.0 Å². The number of amides is 3. The number of urea groups is 1. The van der Waals surface area contributed by atoms with Crippen LogP contribution in [-0.4, -0.2) is 39.6 Å². The number of aromatic nitrogens is 2. The summed E-state index contributed by atoms with van der Waals surface area (Å²) in [5.41, 5.74) is 2.65. The van der Waals surface area contributed by atoms with E-state index in [4.69, 9.17) is 0 Å². The molecule has 1 unspecified atom stereocenters. The van der Waals surface area contributed by atoms with E-state index in [2.05, 4.69) is 36.8 Å². The zero-order chi connectivity index (χ0) is 21.1. The fourth-order valence-corrected chi connectivity index (χ4v) is 4.37. The molecule has 0 spiro atoms. The Labute approximate surface area is 186 Å². The van der Waals surface area contributed by atoms with Gasteiger partial charge in [0.25, 0.3) is 0 Å². The number of rotatable bonds is 4. The fraction of sp³-hybridized carbons (Fsp3) is 0.238. The molecular formula is C21H20BrN5O2S.